The van der Waals surface area contributed by atoms with Crippen molar-refractivity contribution in [2.24, 2.45) is 0 Å². The Labute approximate surface area is 119 Å². The third-order valence-corrected chi connectivity index (χ3v) is 3.32. The molecule has 5 nitrogen and oxygen atoms in total. The maximum absolute atomic E-state index is 10.7. The number of rotatable bonds is 1. The van der Waals surface area contributed by atoms with Gasteiger partial charge in [0, 0.05) is 5.56 Å². The molecule has 0 saturated heterocycles. The summed E-state index contributed by atoms with van der Waals surface area (Å²) in [6.07, 6.45) is 0. The molecule has 0 amide bonds. The van der Waals surface area contributed by atoms with Crippen LogP contribution in [0.5, 0.6) is 5.75 Å². The molecule has 2 N–H and O–H groups in total. The highest BCUT2D eigenvalue weighted by Gasteiger charge is 2.30. The zero-order chi connectivity index (χ0) is 15.1. The number of H-pyrrole nitrogens is 1. The highest BCUT2D eigenvalue weighted by atomic mass is 16.3. The Balaban J connectivity index is 2.75. The van der Waals surface area contributed by atoms with Crippen LogP contribution in [0.4, 0.5) is 0 Å². The number of phenols is 1. The predicted octanol–water partition coefficient (Wildman–Crippen LogP) is 3.17. The van der Waals surface area contributed by atoms with Gasteiger partial charge in [-0.2, -0.15) is 5.21 Å². The lowest BCUT2D eigenvalue weighted by atomic mass is 9.74. The zero-order valence-corrected chi connectivity index (χ0v) is 12.9. The summed E-state index contributed by atoms with van der Waals surface area (Å²) in [4.78, 5) is 0. The quantitative estimate of drug-likeness (QED) is 0.837. The van der Waals surface area contributed by atoms with Crippen LogP contribution in [0, 0.1) is 0 Å². The number of benzene rings is 1. The van der Waals surface area contributed by atoms with Crippen LogP contribution in [0.1, 0.15) is 52.7 Å². The Morgan fingerprint density at radius 3 is 2.10 bits per heavy atom. The zero-order valence-electron chi connectivity index (χ0n) is 12.9. The molecule has 108 valence electrons. The van der Waals surface area contributed by atoms with E-state index in [1.807, 2.05) is 12.1 Å². The number of hydrogen-bond acceptors (Lipinski definition) is 4. The fraction of sp³-hybridized carbons (Fsp3) is 0.533. The number of aromatic nitrogens is 4. The number of aromatic amines is 1. The van der Waals surface area contributed by atoms with E-state index in [0.717, 1.165) is 11.1 Å². The van der Waals surface area contributed by atoms with E-state index in [-0.39, 0.29) is 16.6 Å². The van der Waals surface area contributed by atoms with E-state index in [1.54, 1.807) is 0 Å². The molecule has 0 radical (unpaired) electrons. The minimum atomic E-state index is -0.174. The molecule has 2 rings (SSSR count). The van der Waals surface area contributed by atoms with Crippen molar-refractivity contribution in [1.82, 2.24) is 20.6 Å². The molecule has 1 aromatic carbocycles. The maximum atomic E-state index is 10.7. The summed E-state index contributed by atoms with van der Waals surface area (Å²) < 4.78 is 0. The van der Waals surface area contributed by atoms with Crippen molar-refractivity contribution in [2.75, 3.05) is 0 Å². The molecule has 0 aliphatic heterocycles. The summed E-state index contributed by atoms with van der Waals surface area (Å²) in [6.45, 7) is 12.7. The van der Waals surface area contributed by atoms with Gasteiger partial charge in [0.1, 0.15) is 5.75 Å². The van der Waals surface area contributed by atoms with Crippen molar-refractivity contribution in [1.29, 1.82) is 0 Å². The molecule has 0 spiro atoms. The molecular weight excluding hydrogens is 252 g/mol. The number of phenolic OH excluding ortho intramolecular Hbond substituents is 1. The van der Waals surface area contributed by atoms with E-state index in [9.17, 15) is 5.11 Å². The first-order chi connectivity index (χ1) is 9.12. The van der Waals surface area contributed by atoms with E-state index < -0.39 is 0 Å². The van der Waals surface area contributed by atoms with Crippen LogP contribution < -0.4 is 0 Å². The monoisotopic (exact) mass is 274 g/mol. The van der Waals surface area contributed by atoms with Crippen LogP contribution in [0.15, 0.2) is 12.1 Å². The van der Waals surface area contributed by atoms with Crippen LogP contribution in [0.2, 0.25) is 0 Å². The second-order valence-electron chi connectivity index (χ2n) is 7.12. The smallest absolute Gasteiger partial charge is 0.208 e. The van der Waals surface area contributed by atoms with Gasteiger partial charge in [-0.1, -0.05) is 47.6 Å². The van der Waals surface area contributed by atoms with Gasteiger partial charge < -0.3 is 5.11 Å². The maximum Gasteiger partial charge on any atom is 0.208 e. The first kappa shape index (κ1) is 14.5. The molecule has 5 heteroatoms. The molecule has 0 aliphatic rings. The Morgan fingerprint density at radius 2 is 1.65 bits per heavy atom. The van der Waals surface area contributed by atoms with Crippen molar-refractivity contribution >= 4 is 0 Å². The van der Waals surface area contributed by atoms with Crippen LogP contribution >= 0.6 is 0 Å². The normalized spacial score (nSPS) is 12.7. The van der Waals surface area contributed by atoms with Crippen molar-refractivity contribution in [3.63, 3.8) is 0 Å². The number of nitrogens with one attached hydrogen (secondary N) is 1. The molecule has 20 heavy (non-hydrogen) atoms. The number of hydrogen-bond donors (Lipinski definition) is 2. The average molecular weight is 274 g/mol. The van der Waals surface area contributed by atoms with Gasteiger partial charge in [-0.3, -0.25) is 0 Å². The summed E-state index contributed by atoms with van der Waals surface area (Å²) in [5.74, 6) is 0.653. The van der Waals surface area contributed by atoms with Crippen LogP contribution in [-0.2, 0) is 10.8 Å². The van der Waals surface area contributed by atoms with Gasteiger partial charge in [0.2, 0.25) is 5.82 Å². The lowest BCUT2D eigenvalue weighted by molar-refractivity contribution is 0.437. The van der Waals surface area contributed by atoms with Gasteiger partial charge in [0.15, 0.2) is 0 Å². The molecule has 1 aromatic heterocycles. The Kier molecular flexibility index (Phi) is 3.32. The number of aromatic hydroxyl groups is 1. The minimum Gasteiger partial charge on any atom is -0.507 e. The number of nitrogens with zero attached hydrogens (tertiary/aromatic N) is 3. The SMILES string of the molecule is CC(C)(C)c1ccc(-c2nn[nH]n2)c(O)c1C(C)(C)C. The summed E-state index contributed by atoms with van der Waals surface area (Å²) in [5.41, 5.74) is 2.46. The molecule has 0 unspecified atom stereocenters. The molecule has 0 atom stereocenters. The van der Waals surface area contributed by atoms with Gasteiger partial charge in [0.05, 0.1) is 5.56 Å². The van der Waals surface area contributed by atoms with Gasteiger partial charge >= 0.3 is 0 Å². The fourth-order valence-corrected chi connectivity index (χ4v) is 2.43. The van der Waals surface area contributed by atoms with Gasteiger partial charge in [-0.25, -0.2) is 0 Å². The largest absolute Gasteiger partial charge is 0.507 e. The molecule has 1 heterocycles. The minimum absolute atomic E-state index is 0.0458. The molecule has 0 fully saturated rings. The summed E-state index contributed by atoms with van der Waals surface area (Å²) in [6, 6.07) is 3.90. The molecule has 0 saturated carbocycles. The van der Waals surface area contributed by atoms with Crippen LogP contribution in [0.3, 0.4) is 0 Å². The van der Waals surface area contributed by atoms with Crippen molar-refractivity contribution in [2.45, 2.75) is 52.4 Å². The first-order valence-electron chi connectivity index (χ1n) is 6.73. The van der Waals surface area contributed by atoms with Gasteiger partial charge in [0.25, 0.3) is 0 Å². The van der Waals surface area contributed by atoms with E-state index in [1.165, 1.54) is 0 Å². The molecule has 2 aromatic rings. The van der Waals surface area contributed by atoms with Crippen molar-refractivity contribution in [3.05, 3.63) is 23.3 Å². The average Bonchev–Trinajstić information content (AvgIpc) is 2.78. The van der Waals surface area contributed by atoms with Gasteiger partial charge in [-0.15, -0.1) is 10.2 Å². The Morgan fingerprint density at radius 1 is 1.00 bits per heavy atom. The van der Waals surface area contributed by atoms with E-state index in [2.05, 4.69) is 62.2 Å². The van der Waals surface area contributed by atoms with E-state index in [0.29, 0.717) is 11.4 Å². The summed E-state index contributed by atoms with van der Waals surface area (Å²) in [7, 11) is 0. The van der Waals surface area contributed by atoms with Crippen molar-refractivity contribution < 1.29 is 5.11 Å². The molecule has 0 aliphatic carbocycles. The van der Waals surface area contributed by atoms with Crippen LogP contribution in [-0.4, -0.2) is 25.7 Å². The summed E-state index contributed by atoms with van der Waals surface area (Å²) in [5, 5.41) is 24.6. The Hall–Kier alpha value is -1.91. The topological polar surface area (TPSA) is 74.7 Å². The van der Waals surface area contributed by atoms with Crippen LogP contribution in [0.25, 0.3) is 11.4 Å². The third kappa shape index (κ3) is 2.53. The van der Waals surface area contributed by atoms with E-state index >= 15 is 0 Å². The Bertz CT molecular complexity index is 604. The first-order valence-corrected chi connectivity index (χ1v) is 6.73. The fourth-order valence-electron chi connectivity index (χ4n) is 2.43. The number of tetrazole rings is 1. The highest BCUT2D eigenvalue weighted by Crippen LogP contribution is 2.43. The van der Waals surface area contributed by atoms with Crippen molar-refractivity contribution in [3.8, 4) is 17.1 Å². The lowest BCUT2D eigenvalue weighted by Gasteiger charge is -2.31. The predicted molar refractivity (Wildman–Crippen MR) is 78.7 cm³/mol. The highest BCUT2D eigenvalue weighted by molar-refractivity contribution is 5.68. The molecule has 0 bridgehead atoms. The standard InChI is InChI=1S/C15H22N4O/c1-14(2,3)10-8-7-9(13-16-18-19-17-13)12(20)11(10)15(4,5)6/h7-8,20H,1-6H3,(H,16,17,18,19). The second kappa shape index (κ2) is 4.58. The second-order valence-corrected chi connectivity index (χ2v) is 7.12. The third-order valence-electron chi connectivity index (χ3n) is 3.32. The summed E-state index contributed by atoms with van der Waals surface area (Å²) >= 11 is 0. The molecular formula is C15H22N4O. The van der Waals surface area contributed by atoms with E-state index in [4.69, 9.17) is 0 Å². The lowest BCUT2D eigenvalue weighted by Crippen LogP contribution is -2.22. The van der Waals surface area contributed by atoms with Gasteiger partial charge in [-0.05, 0) is 27.7 Å².